The molecule has 0 saturated carbocycles. The van der Waals surface area contributed by atoms with E-state index < -0.39 is 0 Å². The molecule has 1 aliphatic rings. The third-order valence-corrected chi connectivity index (χ3v) is 3.86. The van der Waals surface area contributed by atoms with Crippen LogP contribution < -0.4 is 5.32 Å². The van der Waals surface area contributed by atoms with Crippen molar-refractivity contribution in [3.05, 3.63) is 72.1 Å². The van der Waals surface area contributed by atoms with Crippen molar-refractivity contribution >= 4 is 23.7 Å². The summed E-state index contributed by atoms with van der Waals surface area (Å²) in [6, 6.07) is 13.7. The standard InChI is InChI=1S/C20H20N2O/c23-20(15-16-6-1-2-7-16)22-19-10-5-8-17(14-19)11-12-18-9-3-4-13-21-18/h1,3-6,8-14,16H,2,7,15H2,(H,22,23)/b12-11+. The molecule has 1 atom stereocenters. The quantitative estimate of drug-likeness (QED) is 0.824. The van der Waals surface area contributed by atoms with Crippen molar-refractivity contribution in [3.8, 4) is 0 Å². The number of rotatable bonds is 5. The summed E-state index contributed by atoms with van der Waals surface area (Å²) in [5, 5.41) is 2.99. The number of anilines is 1. The molecule has 1 aromatic heterocycles. The lowest BCUT2D eigenvalue weighted by Gasteiger charge is -2.09. The van der Waals surface area contributed by atoms with Gasteiger partial charge in [-0.3, -0.25) is 9.78 Å². The molecule has 3 nitrogen and oxygen atoms in total. The number of benzene rings is 1. The number of amides is 1. The second-order valence-corrected chi connectivity index (χ2v) is 5.73. The molecule has 3 heteroatoms. The van der Waals surface area contributed by atoms with Gasteiger partial charge in [-0.2, -0.15) is 0 Å². The molecule has 1 N–H and O–H groups in total. The van der Waals surface area contributed by atoms with E-state index in [1.807, 2.05) is 54.6 Å². The van der Waals surface area contributed by atoms with Crippen LogP contribution in [-0.2, 0) is 4.79 Å². The number of nitrogens with zero attached hydrogens (tertiary/aromatic N) is 1. The molecular formula is C20H20N2O. The summed E-state index contributed by atoms with van der Waals surface area (Å²) in [4.78, 5) is 16.3. The van der Waals surface area contributed by atoms with E-state index in [2.05, 4.69) is 22.5 Å². The molecule has 0 bridgehead atoms. The highest BCUT2D eigenvalue weighted by Crippen LogP contribution is 2.21. The largest absolute Gasteiger partial charge is 0.326 e. The SMILES string of the molecule is O=C(CC1C=CCC1)Nc1cccc(/C=C/c2ccccn2)c1. The number of aromatic nitrogens is 1. The second kappa shape index (κ2) is 7.54. The molecule has 1 unspecified atom stereocenters. The van der Waals surface area contributed by atoms with Gasteiger partial charge >= 0.3 is 0 Å². The van der Waals surface area contributed by atoms with Crippen LogP contribution in [0.3, 0.4) is 0 Å². The van der Waals surface area contributed by atoms with Gasteiger partial charge in [0.15, 0.2) is 0 Å². The fraction of sp³-hybridized carbons (Fsp3) is 0.200. The summed E-state index contributed by atoms with van der Waals surface area (Å²) in [5.41, 5.74) is 2.78. The first-order valence-corrected chi connectivity index (χ1v) is 7.95. The molecule has 0 saturated heterocycles. The molecule has 1 aromatic carbocycles. The van der Waals surface area contributed by atoms with Gasteiger partial charge in [0, 0.05) is 18.3 Å². The minimum absolute atomic E-state index is 0.0763. The normalized spacial score (nSPS) is 16.8. The average Bonchev–Trinajstić information content (AvgIpc) is 3.07. The van der Waals surface area contributed by atoms with E-state index in [1.165, 1.54) is 0 Å². The van der Waals surface area contributed by atoms with Gasteiger partial charge in [-0.1, -0.05) is 36.4 Å². The lowest BCUT2D eigenvalue weighted by atomic mass is 10.0. The number of hydrogen-bond donors (Lipinski definition) is 1. The Morgan fingerprint density at radius 2 is 2.17 bits per heavy atom. The molecule has 0 aliphatic heterocycles. The van der Waals surface area contributed by atoms with Gasteiger partial charge in [0.05, 0.1) is 5.69 Å². The maximum atomic E-state index is 12.1. The van der Waals surface area contributed by atoms with Gasteiger partial charge in [-0.25, -0.2) is 0 Å². The van der Waals surface area contributed by atoms with Gasteiger partial charge in [-0.15, -0.1) is 0 Å². The van der Waals surface area contributed by atoms with E-state index in [-0.39, 0.29) is 5.91 Å². The molecule has 1 aliphatic carbocycles. The van der Waals surface area contributed by atoms with Gasteiger partial charge in [0.2, 0.25) is 5.91 Å². The summed E-state index contributed by atoms with van der Waals surface area (Å²) in [6.07, 6.45) is 12.8. The van der Waals surface area contributed by atoms with Crippen LogP contribution in [0.2, 0.25) is 0 Å². The predicted molar refractivity (Wildman–Crippen MR) is 94.7 cm³/mol. The topological polar surface area (TPSA) is 42.0 Å². The number of pyridine rings is 1. The fourth-order valence-corrected chi connectivity index (χ4v) is 2.69. The minimum Gasteiger partial charge on any atom is -0.326 e. The van der Waals surface area contributed by atoms with Crippen molar-refractivity contribution in [2.75, 3.05) is 5.32 Å². The Bertz CT molecular complexity index is 719. The molecular weight excluding hydrogens is 284 g/mol. The summed E-state index contributed by atoms with van der Waals surface area (Å²) < 4.78 is 0. The molecule has 0 radical (unpaired) electrons. The number of carbonyl (C=O) groups is 1. The molecule has 1 amide bonds. The lowest BCUT2D eigenvalue weighted by molar-refractivity contribution is -0.116. The van der Waals surface area contributed by atoms with Gasteiger partial charge in [0.1, 0.15) is 0 Å². The van der Waals surface area contributed by atoms with Crippen LogP contribution in [-0.4, -0.2) is 10.9 Å². The number of allylic oxidation sites excluding steroid dienone is 2. The van der Waals surface area contributed by atoms with Gasteiger partial charge in [-0.05, 0) is 54.7 Å². The van der Waals surface area contributed by atoms with Crippen molar-refractivity contribution < 1.29 is 4.79 Å². The molecule has 23 heavy (non-hydrogen) atoms. The van der Waals surface area contributed by atoms with Crippen molar-refractivity contribution in [1.82, 2.24) is 4.98 Å². The van der Waals surface area contributed by atoms with Crippen LogP contribution in [0.25, 0.3) is 12.2 Å². The zero-order valence-corrected chi connectivity index (χ0v) is 13.0. The van der Waals surface area contributed by atoms with Crippen LogP contribution in [0, 0.1) is 5.92 Å². The minimum atomic E-state index is 0.0763. The summed E-state index contributed by atoms with van der Waals surface area (Å²) in [6.45, 7) is 0. The van der Waals surface area contributed by atoms with E-state index in [0.717, 1.165) is 29.8 Å². The number of carbonyl (C=O) groups excluding carboxylic acids is 1. The maximum absolute atomic E-state index is 12.1. The Morgan fingerprint density at radius 3 is 2.96 bits per heavy atom. The first-order valence-electron chi connectivity index (χ1n) is 7.95. The van der Waals surface area contributed by atoms with Crippen molar-refractivity contribution in [2.24, 2.45) is 5.92 Å². The van der Waals surface area contributed by atoms with Crippen LogP contribution in [0.5, 0.6) is 0 Å². The number of nitrogens with one attached hydrogen (secondary N) is 1. The molecule has 3 rings (SSSR count). The Balaban J connectivity index is 1.61. The van der Waals surface area contributed by atoms with Crippen LogP contribution in [0.1, 0.15) is 30.5 Å². The number of hydrogen-bond acceptors (Lipinski definition) is 2. The van der Waals surface area contributed by atoms with Crippen molar-refractivity contribution in [1.29, 1.82) is 0 Å². The van der Waals surface area contributed by atoms with E-state index in [0.29, 0.717) is 12.3 Å². The molecule has 0 spiro atoms. The van der Waals surface area contributed by atoms with Gasteiger partial charge < -0.3 is 5.32 Å². The van der Waals surface area contributed by atoms with Crippen LogP contribution >= 0.6 is 0 Å². The Kier molecular flexibility index (Phi) is 4.99. The molecule has 1 heterocycles. The Labute approximate surface area is 136 Å². The highest BCUT2D eigenvalue weighted by molar-refractivity contribution is 5.91. The monoisotopic (exact) mass is 304 g/mol. The predicted octanol–water partition coefficient (Wildman–Crippen LogP) is 4.55. The summed E-state index contributed by atoms with van der Waals surface area (Å²) in [5.74, 6) is 0.467. The fourth-order valence-electron chi connectivity index (χ4n) is 2.69. The zero-order chi connectivity index (χ0) is 15.9. The maximum Gasteiger partial charge on any atom is 0.224 e. The van der Waals surface area contributed by atoms with Crippen molar-refractivity contribution in [3.63, 3.8) is 0 Å². The van der Waals surface area contributed by atoms with Crippen LogP contribution in [0.4, 0.5) is 5.69 Å². The highest BCUT2D eigenvalue weighted by atomic mass is 16.1. The van der Waals surface area contributed by atoms with Crippen molar-refractivity contribution in [2.45, 2.75) is 19.3 Å². The van der Waals surface area contributed by atoms with E-state index >= 15 is 0 Å². The van der Waals surface area contributed by atoms with E-state index in [1.54, 1.807) is 6.20 Å². The average molecular weight is 304 g/mol. The molecule has 0 fully saturated rings. The molecule has 116 valence electrons. The Morgan fingerprint density at radius 1 is 1.22 bits per heavy atom. The highest BCUT2D eigenvalue weighted by Gasteiger charge is 2.13. The first kappa shape index (κ1) is 15.2. The first-order chi connectivity index (χ1) is 11.3. The second-order valence-electron chi connectivity index (χ2n) is 5.73. The third-order valence-electron chi connectivity index (χ3n) is 3.86. The van der Waals surface area contributed by atoms with Crippen LogP contribution in [0.15, 0.2) is 60.8 Å². The van der Waals surface area contributed by atoms with E-state index in [9.17, 15) is 4.79 Å². The summed E-state index contributed by atoms with van der Waals surface area (Å²) in [7, 11) is 0. The van der Waals surface area contributed by atoms with E-state index in [4.69, 9.17) is 0 Å². The zero-order valence-electron chi connectivity index (χ0n) is 13.0. The summed E-state index contributed by atoms with van der Waals surface area (Å²) >= 11 is 0. The Hall–Kier alpha value is -2.68. The third kappa shape index (κ3) is 4.65. The van der Waals surface area contributed by atoms with Gasteiger partial charge in [0.25, 0.3) is 0 Å². The molecule has 2 aromatic rings. The smallest absolute Gasteiger partial charge is 0.224 e. The lowest BCUT2D eigenvalue weighted by Crippen LogP contribution is -2.14.